The van der Waals surface area contributed by atoms with Crippen molar-refractivity contribution in [3.63, 3.8) is 0 Å². The van der Waals surface area contributed by atoms with Crippen LogP contribution in [-0.2, 0) is 14.3 Å². The van der Waals surface area contributed by atoms with E-state index < -0.39 is 0 Å². The normalized spacial score (nSPS) is 18.2. The van der Waals surface area contributed by atoms with Gasteiger partial charge in [-0.2, -0.15) is 0 Å². The van der Waals surface area contributed by atoms with E-state index in [1.165, 1.54) is 32.1 Å². The molecule has 4 heteroatoms. The van der Waals surface area contributed by atoms with Crippen LogP contribution in [0.5, 0.6) is 0 Å². The Balaban J connectivity index is 2.34. The summed E-state index contributed by atoms with van der Waals surface area (Å²) in [6.07, 6.45) is 18.8. The molecule has 0 aromatic heterocycles. The Hall–Kier alpha value is -1.58. The largest absolute Gasteiger partial charge is 0.513 e. The number of hydrogen-bond donors (Lipinski definition) is 1. The van der Waals surface area contributed by atoms with Gasteiger partial charge in [0.2, 0.25) is 0 Å². The van der Waals surface area contributed by atoms with E-state index in [4.69, 9.17) is 9.84 Å². The predicted molar refractivity (Wildman–Crippen MR) is 109 cm³/mol. The third-order valence-electron chi connectivity index (χ3n) is 5.28. The third kappa shape index (κ3) is 11.0. The molecule has 1 fully saturated rings. The van der Waals surface area contributed by atoms with E-state index >= 15 is 0 Å². The minimum Gasteiger partial charge on any atom is -0.513 e. The van der Waals surface area contributed by atoms with Crippen molar-refractivity contribution in [2.75, 3.05) is 0 Å². The Morgan fingerprint density at radius 1 is 1.11 bits per heavy atom. The van der Waals surface area contributed by atoms with Gasteiger partial charge in [-0.1, -0.05) is 77.0 Å². The van der Waals surface area contributed by atoms with Gasteiger partial charge in [-0.15, -0.1) is 0 Å². The summed E-state index contributed by atoms with van der Waals surface area (Å²) in [6, 6.07) is 0. The Bertz CT molecular complexity index is 481. The molecule has 1 rings (SSSR count). The maximum atomic E-state index is 12.0. The molecule has 4 nitrogen and oxygen atoms in total. The minimum atomic E-state index is -0.382. The summed E-state index contributed by atoms with van der Waals surface area (Å²) in [5.74, 6) is -0.658. The number of aliphatic hydroxyl groups is 1. The van der Waals surface area contributed by atoms with E-state index in [0.29, 0.717) is 6.42 Å². The van der Waals surface area contributed by atoms with Crippen LogP contribution < -0.4 is 0 Å². The van der Waals surface area contributed by atoms with Crippen LogP contribution in [0.15, 0.2) is 24.5 Å². The van der Waals surface area contributed by atoms with Gasteiger partial charge in [-0.3, -0.25) is 9.59 Å². The van der Waals surface area contributed by atoms with Crippen molar-refractivity contribution in [3.05, 3.63) is 24.5 Å². The number of carbonyl (C=O) groups is 2. The van der Waals surface area contributed by atoms with Crippen molar-refractivity contribution in [1.82, 2.24) is 0 Å². The lowest BCUT2D eigenvalue weighted by Gasteiger charge is -2.16. The van der Waals surface area contributed by atoms with Gasteiger partial charge in [0.05, 0.1) is 18.1 Å². The van der Waals surface area contributed by atoms with Crippen LogP contribution in [0.25, 0.3) is 0 Å². The molecule has 2 unspecified atom stereocenters. The van der Waals surface area contributed by atoms with Crippen LogP contribution in [0.2, 0.25) is 0 Å². The molecular weight excluding hydrogens is 340 g/mol. The summed E-state index contributed by atoms with van der Waals surface area (Å²) >= 11 is 0. The number of aliphatic hydroxyl groups excluding tert-OH is 1. The van der Waals surface area contributed by atoms with Gasteiger partial charge in [0, 0.05) is 6.42 Å². The first-order valence-corrected chi connectivity index (χ1v) is 10.8. The highest BCUT2D eigenvalue weighted by Crippen LogP contribution is 2.30. The molecule has 1 aliphatic heterocycles. The average molecular weight is 379 g/mol. The molecule has 0 amide bonds. The molecule has 154 valence electrons. The van der Waals surface area contributed by atoms with Crippen molar-refractivity contribution >= 4 is 11.9 Å². The van der Waals surface area contributed by atoms with Crippen LogP contribution in [0.4, 0.5) is 0 Å². The maximum absolute atomic E-state index is 12.0. The number of cyclic esters (lactones) is 2. The molecular formula is C23H38O4. The maximum Gasteiger partial charge on any atom is 0.317 e. The van der Waals surface area contributed by atoms with Gasteiger partial charge >= 0.3 is 11.9 Å². The second-order valence-electron chi connectivity index (χ2n) is 7.77. The summed E-state index contributed by atoms with van der Waals surface area (Å²) in [5.41, 5.74) is 0. The molecule has 1 aliphatic rings. The van der Waals surface area contributed by atoms with Crippen molar-refractivity contribution < 1.29 is 19.4 Å². The predicted octanol–water partition coefficient (Wildman–Crippen LogP) is 6.41. The molecule has 27 heavy (non-hydrogen) atoms. The number of unbranched alkanes of at least 4 members (excludes halogenated alkanes) is 9. The molecule has 1 heterocycles. The van der Waals surface area contributed by atoms with E-state index in [2.05, 4.69) is 25.7 Å². The molecule has 0 aromatic rings. The zero-order valence-electron chi connectivity index (χ0n) is 17.1. The summed E-state index contributed by atoms with van der Waals surface area (Å²) < 4.78 is 4.76. The molecule has 0 aliphatic carbocycles. The van der Waals surface area contributed by atoms with Crippen LogP contribution in [0.1, 0.15) is 96.8 Å². The van der Waals surface area contributed by atoms with Crippen molar-refractivity contribution in [1.29, 1.82) is 0 Å². The number of carbonyl (C=O) groups excluding carboxylic acids is 2. The van der Waals surface area contributed by atoms with E-state index in [9.17, 15) is 9.59 Å². The smallest absolute Gasteiger partial charge is 0.317 e. The Morgan fingerprint density at radius 2 is 1.78 bits per heavy atom. The summed E-state index contributed by atoms with van der Waals surface area (Å²) in [5, 5.41) is 9.09. The SMILES string of the molecule is C=C(O)CCCCCCCC(/C=C/CCCCCCC)C1CC(=O)OC1=O. The Kier molecular flexibility index (Phi) is 12.6. The van der Waals surface area contributed by atoms with E-state index in [1.54, 1.807) is 0 Å². The first-order chi connectivity index (χ1) is 13.0. The average Bonchev–Trinajstić information content (AvgIpc) is 2.96. The number of esters is 2. The first-order valence-electron chi connectivity index (χ1n) is 10.8. The highest BCUT2D eigenvalue weighted by Gasteiger charge is 2.37. The molecule has 0 bridgehead atoms. The monoisotopic (exact) mass is 378 g/mol. The van der Waals surface area contributed by atoms with Crippen LogP contribution in [0, 0.1) is 11.8 Å². The lowest BCUT2D eigenvalue weighted by atomic mass is 9.86. The highest BCUT2D eigenvalue weighted by molar-refractivity contribution is 5.94. The summed E-state index contributed by atoms with van der Waals surface area (Å²) in [6.45, 7) is 5.72. The highest BCUT2D eigenvalue weighted by atomic mass is 16.6. The van der Waals surface area contributed by atoms with Gasteiger partial charge in [0.1, 0.15) is 0 Å². The first kappa shape index (κ1) is 23.5. The van der Waals surface area contributed by atoms with Gasteiger partial charge < -0.3 is 9.84 Å². The lowest BCUT2D eigenvalue weighted by Crippen LogP contribution is -2.18. The van der Waals surface area contributed by atoms with Crippen LogP contribution >= 0.6 is 0 Å². The van der Waals surface area contributed by atoms with Crippen LogP contribution in [0.3, 0.4) is 0 Å². The fourth-order valence-corrected chi connectivity index (χ4v) is 3.63. The topological polar surface area (TPSA) is 63.6 Å². The van der Waals surface area contributed by atoms with Crippen molar-refractivity contribution in [2.45, 2.75) is 96.8 Å². The number of allylic oxidation sites excluding steroid dienone is 3. The van der Waals surface area contributed by atoms with E-state index in [0.717, 1.165) is 44.9 Å². The quantitative estimate of drug-likeness (QED) is 0.111. The molecule has 0 saturated carbocycles. The molecule has 1 N–H and O–H groups in total. The van der Waals surface area contributed by atoms with Gasteiger partial charge in [0.15, 0.2) is 0 Å². The van der Waals surface area contributed by atoms with Crippen molar-refractivity contribution in [3.8, 4) is 0 Å². The zero-order chi connectivity index (χ0) is 19.9. The van der Waals surface area contributed by atoms with Gasteiger partial charge in [-0.25, -0.2) is 0 Å². The lowest BCUT2D eigenvalue weighted by molar-refractivity contribution is -0.153. The van der Waals surface area contributed by atoms with Gasteiger partial charge in [0.25, 0.3) is 0 Å². The van der Waals surface area contributed by atoms with Crippen molar-refractivity contribution in [2.24, 2.45) is 11.8 Å². The summed E-state index contributed by atoms with van der Waals surface area (Å²) in [7, 11) is 0. The number of hydrogen-bond acceptors (Lipinski definition) is 4. The zero-order valence-corrected chi connectivity index (χ0v) is 17.1. The number of ether oxygens (including phenoxy) is 1. The summed E-state index contributed by atoms with van der Waals surface area (Å²) in [4.78, 5) is 23.4. The van der Waals surface area contributed by atoms with E-state index in [-0.39, 0.29) is 36.0 Å². The molecule has 0 aromatic carbocycles. The Morgan fingerprint density at radius 3 is 2.44 bits per heavy atom. The molecule has 1 saturated heterocycles. The molecule has 0 radical (unpaired) electrons. The molecule has 0 spiro atoms. The van der Waals surface area contributed by atoms with E-state index in [1.807, 2.05) is 0 Å². The Labute approximate surface area is 165 Å². The fraction of sp³-hybridized carbons (Fsp3) is 0.739. The number of rotatable bonds is 16. The van der Waals surface area contributed by atoms with Gasteiger partial charge in [-0.05, 0) is 31.6 Å². The minimum absolute atomic E-state index is 0.108. The fourth-order valence-electron chi connectivity index (χ4n) is 3.63. The third-order valence-corrected chi connectivity index (χ3v) is 5.28. The molecule has 2 atom stereocenters. The second-order valence-corrected chi connectivity index (χ2v) is 7.77. The standard InChI is InChI=1S/C23H38O4/c1-3-4-5-6-7-10-13-16-20(21-18-22(25)27-23(21)26)17-14-11-8-9-12-15-19(2)24/h13,16,20-21,24H,2-12,14-15,17-18H2,1H3/b16-13+. The van der Waals surface area contributed by atoms with Crippen LogP contribution in [-0.4, -0.2) is 17.0 Å². The second kappa shape index (κ2) is 14.5.